The molecule has 0 radical (unpaired) electrons. The molecule has 1 aliphatic carbocycles. The van der Waals surface area contributed by atoms with Crippen molar-refractivity contribution in [3.63, 3.8) is 0 Å². The number of nitro benzene ring substituents is 1. The van der Waals surface area contributed by atoms with Crippen LogP contribution in [-0.4, -0.2) is 30.0 Å². The van der Waals surface area contributed by atoms with Gasteiger partial charge in [0.15, 0.2) is 0 Å². The first-order chi connectivity index (χ1) is 9.10. The summed E-state index contributed by atoms with van der Waals surface area (Å²) in [5, 5.41) is 14.0. The minimum Gasteiger partial charge on any atom is -0.380 e. The van der Waals surface area contributed by atoms with Crippen LogP contribution in [0.1, 0.15) is 25.3 Å². The van der Waals surface area contributed by atoms with Crippen molar-refractivity contribution in [3.05, 3.63) is 33.9 Å². The van der Waals surface area contributed by atoms with Gasteiger partial charge in [0.05, 0.1) is 4.92 Å². The van der Waals surface area contributed by atoms with Gasteiger partial charge in [0.1, 0.15) is 5.69 Å². The van der Waals surface area contributed by atoms with E-state index in [1.165, 1.54) is 12.8 Å². The van der Waals surface area contributed by atoms with Crippen molar-refractivity contribution < 1.29 is 4.92 Å². The average molecular weight is 263 g/mol. The topological polar surface area (TPSA) is 58.4 Å². The highest BCUT2D eigenvalue weighted by Gasteiger charge is 2.23. The zero-order valence-corrected chi connectivity index (χ0v) is 11.6. The molecule has 0 atom stereocenters. The standard InChI is InChI=1S/C14H21N3O2/c1-3-15-13-8-12(6-7-14(13)17(18)19)10-16(2)9-11-4-5-11/h6-8,11,15H,3-5,9-10H2,1-2H3. The summed E-state index contributed by atoms with van der Waals surface area (Å²) in [5.41, 5.74) is 1.88. The van der Waals surface area contributed by atoms with Crippen LogP contribution in [0.3, 0.4) is 0 Å². The highest BCUT2D eigenvalue weighted by Crippen LogP contribution is 2.30. The first-order valence-corrected chi connectivity index (χ1v) is 6.80. The van der Waals surface area contributed by atoms with E-state index in [9.17, 15) is 10.1 Å². The van der Waals surface area contributed by atoms with E-state index in [-0.39, 0.29) is 10.6 Å². The average Bonchev–Trinajstić information content (AvgIpc) is 3.13. The second-order valence-corrected chi connectivity index (χ2v) is 5.28. The Morgan fingerprint density at radius 2 is 2.21 bits per heavy atom. The zero-order chi connectivity index (χ0) is 13.8. The zero-order valence-electron chi connectivity index (χ0n) is 11.6. The normalized spacial score (nSPS) is 14.7. The van der Waals surface area contributed by atoms with E-state index in [1.807, 2.05) is 19.1 Å². The van der Waals surface area contributed by atoms with Gasteiger partial charge in [-0.1, -0.05) is 6.07 Å². The van der Waals surface area contributed by atoms with Crippen molar-refractivity contribution in [2.24, 2.45) is 5.92 Å². The van der Waals surface area contributed by atoms with Crippen LogP contribution in [0.25, 0.3) is 0 Å². The maximum absolute atomic E-state index is 10.9. The summed E-state index contributed by atoms with van der Waals surface area (Å²) in [6.07, 6.45) is 2.68. The highest BCUT2D eigenvalue weighted by molar-refractivity contribution is 5.62. The molecule has 0 heterocycles. The number of nitrogens with zero attached hydrogens (tertiary/aromatic N) is 2. The minimum absolute atomic E-state index is 0.149. The predicted octanol–water partition coefficient (Wildman–Crippen LogP) is 2.87. The van der Waals surface area contributed by atoms with E-state index >= 15 is 0 Å². The van der Waals surface area contributed by atoms with Crippen molar-refractivity contribution in [2.75, 3.05) is 25.5 Å². The summed E-state index contributed by atoms with van der Waals surface area (Å²) < 4.78 is 0. The fourth-order valence-electron chi connectivity index (χ4n) is 2.29. The lowest BCUT2D eigenvalue weighted by atomic mass is 10.1. The number of nitrogens with one attached hydrogen (secondary N) is 1. The molecule has 0 aromatic heterocycles. The summed E-state index contributed by atoms with van der Waals surface area (Å²) in [7, 11) is 2.10. The third-order valence-electron chi connectivity index (χ3n) is 3.34. The maximum Gasteiger partial charge on any atom is 0.292 e. The van der Waals surface area contributed by atoms with E-state index in [0.717, 1.165) is 24.6 Å². The molecular formula is C14H21N3O2. The van der Waals surface area contributed by atoms with Crippen molar-refractivity contribution in [2.45, 2.75) is 26.3 Å². The number of nitro groups is 1. The number of rotatable bonds is 7. The quantitative estimate of drug-likeness (QED) is 0.607. The van der Waals surface area contributed by atoms with E-state index in [4.69, 9.17) is 0 Å². The summed E-state index contributed by atoms with van der Waals surface area (Å²) in [4.78, 5) is 12.9. The van der Waals surface area contributed by atoms with Crippen LogP contribution in [0.4, 0.5) is 11.4 Å². The monoisotopic (exact) mass is 263 g/mol. The van der Waals surface area contributed by atoms with Crippen LogP contribution < -0.4 is 5.32 Å². The predicted molar refractivity (Wildman–Crippen MR) is 76.3 cm³/mol. The van der Waals surface area contributed by atoms with Crippen molar-refractivity contribution in [1.29, 1.82) is 0 Å². The van der Waals surface area contributed by atoms with Gasteiger partial charge in [0.25, 0.3) is 5.69 Å². The van der Waals surface area contributed by atoms with Crippen LogP contribution in [0.2, 0.25) is 0 Å². The van der Waals surface area contributed by atoms with Crippen LogP contribution in [0, 0.1) is 16.0 Å². The molecule has 104 valence electrons. The molecule has 0 amide bonds. The SMILES string of the molecule is CCNc1cc(CN(C)CC2CC2)ccc1[N+](=O)[O-]. The smallest absolute Gasteiger partial charge is 0.292 e. The molecule has 2 rings (SSSR count). The molecule has 1 aliphatic rings. The number of anilines is 1. The van der Waals surface area contributed by atoms with E-state index in [1.54, 1.807) is 6.07 Å². The van der Waals surface area contributed by atoms with E-state index < -0.39 is 0 Å². The third-order valence-corrected chi connectivity index (χ3v) is 3.34. The Hall–Kier alpha value is -1.62. The van der Waals surface area contributed by atoms with Gasteiger partial charge in [-0.15, -0.1) is 0 Å². The van der Waals surface area contributed by atoms with Crippen molar-refractivity contribution in [1.82, 2.24) is 4.90 Å². The van der Waals surface area contributed by atoms with Gasteiger partial charge in [-0.25, -0.2) is 0 Å². The van der Waals surface area contributed by atoms with Crippen LogP contribution in [0.15, 0.2) is 18.2 Å². The summed E-state index contributed by atoms with van der Waals surface area (Å²) in [6, 6.07) is 5.34. The second kappa shape index (κ2) is 6.02. The fraction of sp³-hybridized carbons (Fsp3) is 0.571. The van der Waals surface area contributed by atoms with Crippen LogP contribution in [-0.2, 0) is 6.54 Å². The number of benzene rings is 1. The molecule has 5 nitrogen and oxygen atoms in total. The minimum atomic E-state index is -0.338. The lowest BCUT2D eigenvalue weighted by Crippen LogP contribution is -2.20. The fourth-order valence-corrected chi connectivity index (χ4v) is 2.29. The van der Waals surface area contributed by atoms with E-state index in [2.05, 4.69) is 17.3 Å². The largest absolute Gasteiger partial charge is 0.380 e. The molecule has 19 heavy (non-hydrogen) atoms. The summed E-state index contributed by atoms with van der Waals surface area (Å²) >= 11 is 0. The Morgan fingerprint density at radius 3 is 2.79 bits per heavy atom. The Bertz CT molecular complexity index is 458. The van der Waals surface area contributed by atoms with Gasteiger partial charge in [-0.2, -0.15) is 0 Å². The molecule has 1 fully saturated rings. The molecular weight excluding hydrogens is 242 g/mol. The molecule has 0 saturated heterocycles. The van der Waals surface area contributed by atoms with Gasteiger partial charge < -0.3 is 10.2 Å². The molecule has 1 N–H and O–H groups in total. The molecule has 5 heteroatoms. The number of hydrogen-bond acceptors (Lipinski definition) is 4. The first-order valence-electron chi connectivity index (χ1n) is 6.80. The Balaban J connectivity index is 2.07. The lowest BCUT2D eigenvalue weighted by Gasteiger charge is -2.17. The number of hydrogen-bond donors (Lipinski definition) is 1. The molecule has 1 aromatic carbocycles. The third kappa shape index (κ3) is 3.92. The molecule has 0 aliphatic heterocycles. The Labute approximate surface area is 113 Å². The Morgan fingerprint density at radius 1 is 1.47 bits per heavy atom. The lowest BCUT2D eigenvalue weighted by molar-refractivity contribution is -0.384. The van der Waals surface area contributed by atoms with Crippen molar-refractivity contribution in [3.8, 4) is 0 Å². The van der Waals surface area contributed by atoms with Crippen LogP contribution in [0.5, 0.6) is 0 Å². The van der Waals surface area contributed by atoms with Gasteiger partial charge >= 0.3 is 0 Å². The summed E-state index contributed by atoms with van der Waals surface area (Å²) in [6.45, 7) is 4.58. The molecule has 1 saturated carbocycles. The molecule has 0 spiro atoms. The molecule has 1 aromatic rings. The summed E-state index contributed by atoms with van der Waals surface area (Å²) in [5.74, 6) is 0.858. The molecule has 0 bridgehead atoms. The second-order valence-electron chi connectivity index (χ2n) is 5.28. The van der Waals surface area contributed by atoms with Crippen LogP contribution >= 0.6 is 0 Å². The first kappa shape index (κ1) is 13.8. The molecule has 0 unspecified atom stereocenters. The Kier molecular flexibility index (Phi) is 4.37. The van der Waals surface area contributed by atoms with Gasteiger partial charge in [0.2, 0.25) is 0 Å². The van der Waals surface area contributed by atoms with E-state index in [0.29, 0.717) is 12.2 Å². The van der Waals surface area contributed by atoms with Gasteiger partial charge in [-0.3, -0.25) is 10.1 Å². The van der Waals surface area contributed by atoms with Gasteiger partial charge in [0, 0.05) is 25.7 Å². The highest BCUT2D eigenvalue weighted by atomic mass is 16.6. The van der Waals surface area contributed by atoms with Crippen molar-refractivity contribution >= 4 is 11.4 Å². The maximum atomic E-state index is 10.9. The van der Waals surface area contributed by atoms with Gasteiger partial charge in [-0.05, 0) is 44.4 Å².